The van der Waals surface area contributed by atoms with E-state index in [0.717, 1.165) is 5.39 Å². The monoisotopic (exact) mass is 388 g/mol. The molecule has 0 bridgehead atoms. The van der Waals surface area contributed by atoms with Crippen LogP contribution in [0.25, 0.3) is 11.0 Å². The van der Waals surface area contributed by atoms with Gasteiger partial charge in [-0.2, -0.15) is 0 Å². The Labute approximate surface area is 160 Å². The zero-order valence-electron chi connectivity index (χ0n) is 14.9. The summed E-state index contributed by atoms with van der Waals surface area (Å²) in [5.41, 5.74) is 1.14. The molecule has 0 unspecified atom stereocenters. The van der Waals surface area contributed by atoms with E-state index in [0.29, 0.717) is 27.7 Å². The summed E-state index contributed by atoms with van der Waals surface area (Å²) in [5.74, 6) is -0.251. The number of nitrogens with zero attached hydrogens (tertiary/aromatic N) is 1. The molecule has 0 radical (unpaired) electrons. The first-order valence-corrected chi connectivity index (χ1v) is 8.47. The number of amides is 1. The van der Waals surface area contributed by atoms with Gasteiger partial charge in [-0.1, -0.05) is 11.6 Å². The van der Waals surface area contributed by atoms with E-state index in [9.17, 15) is 9.59 Å². The maximum Gasteiger partial charge on any atom is 0.375 e. The minimum Gasteiger partial charge on any atom is -0.497 e. The number of fused-ring (bicyclic) bond motifs is 1. The number of ether oxygens (including phenoxy) is 2. The number of benzene rings is 1. The molecule has 3 rings (SSSR count). The number of nitrogens with one attached hydrogen (secondary N) is 1. The SMILES string of the molecule is COc1ccc2oc(C(=O)O[C@H](C)C(=O)Nc3ccc(Cl)cn3)c(C)c2c1. The van der Waals surface area contributed by atoms with E-state index >= 15 is 0 Å². The van der Waals surface area contributed by atoms with Gasteiger partial charge in [0.25, 0.3) is 5.91 Å². The molecule has 140 valence electrons. The van der Waals surface area contributed by atoms with Crippen LogP contribution in [0, 0.1) is 6.92 Å². The molecular formula is C19H17ClN2O5. The zero-order valence-corrected chi connectivity index (χ0v) is 15.7. The quantitative estimate of drug-likeness (QED) is 0.665. The molecule has 0 aliphatic heterocycles. The van der Waals surface area contributed by atoms with Crippen molar-refractivity contribution in [2.45, 2.75) is 20.0 Å². The molecule has 8 heteroatoms. The maximum atomic E-state index is 12.4. The van der Waals surface area contributed by atoms with Crippen molar-refractivity contribution in [2.24, 2.45) is 0 Å². The van der Waals surface area contributed by atoms with Crippen molar-refractivity contribution in [1.82, 2.24) is 4.98 Å². The predicted octanol–water partition coefficient (Wildman–Crippen LogP) is 3.98. The maximum absolute atomic E-state index is 12.4. The molecule has 1 N–H and O–H groups in total. The zero-order chi connectivity index (χ0) is 19.6. The van der Waals surface area contributed by atoms with Gasteiger partial charge in [-0.3, -0.25) is 4.79 Å². The highest BCUT2D eigenvalue weighted by Gasteiger charge is 2.24. The van der Waals surface area contributed by atoms with Crippen LogP contribution >= 0.6 is 11.6 Å². The van der Waals surface area contributed by atoms with Gasteiger partial charge in [-0.15, -0.1) is 0 Å². The molecule has 0 saturated carbocycles. The van der Waals surface area contributed by atoms with Crippen LogP contribution in [0.1, 0.15) is 23.0 Å². The first kappa shape index (κ1) is 18.7. The molecule has 27 heavy (non-hydrogen) atoms. The first-order chi connectivity index (χ1) is 12.9. The van der Waals surface area contributed by atoms with Gasteiger partial charge in [0.1, 0.15) is 17.2 Å². The molecule has 2 heterocycles. The fraction of sp³-hybridized carbons (Fsp3) is 0.211. The Kier molecular flexibility index (Phi) is 5.32. The molecule has 0 spiro atoms. The molecule has 0 aliphatic rings. The number of carbonyl (C=O) groups is 2. The summed E-state index contributed by atoms with van der Waals surface area (Å²) in [6, 6.07) is 8.35. The minimum atomic E-state index is -1.04. The summed E-state index contributed by atoms with van der Waals surface area (Å²) in [5, 5.41) is 3.74. The smallest absolute Gasteiger partial charge is 0.375 e. The third kappa shape index (κ3) is 4.03. The Morgan fingerprint density at radius 3 is 2.70 bits per heavy atom. The van der Waals surface area contributed by atoms with Gasteiger partial charge >= 0.3 is 5.97 Å². The Hall–Kier alpha value is -3.06. The van der Waals surface area contributed by atoms with Crippen molar-refractivity contribution >= 4 is 40.3 Å². The lowest BCUT2D eigenvalue weighted by Gasteiger charge is -2.12. The van der Waals surface area contributed by atoms with Crippen LogP contribution in [-0.2, 0) is 9.53 Å². The van der Waals surface area contributed by atoms with Gasteiger partial charge < -0.3 is 19.2 Å². The number of pyridine rings is 1. The van der Waals surface area contributed by atoms with Crippen molar-refractivity contribution in [3.05, 3.63) is 52.9 Å². The van der Waals surface area contributed by atoms with Crippen molar-refractivity contribution < 1.29 is 23.5 Å². The predicted molar refractivity (Wildman–Crippen MR) is 100 cm³/mol. The number of methoxy groups -OCH3 is 1. The van der Waals surface area contributed by atoms with Gasteiger partial charge in [0.2, 0.25) is 5.76 Å². The topological polar surface area (TPSA) is 90.7 Å². The van der Waals surface area contributed by atoms with Gasteiger partial charge in [0.15, 0.2) is 6.10 Å². The summed E-state index contributed by atoms with van der Waals surface area (Å²) in [6.45, 7) is 3.20. The van der Waals surface area contributed by atoms with Crippen LogP contribution in [-0.4, -0.2) is 30.1 Å². The number of halogens is 1. The molecule has 1 aromatic carbocycles. The third-order valence-electron chi connectivity index (χ3n) is 3.96. The number of aromatic nitrogens is 1. The fourth-order valence-electron chi connectivity index (χ4n) is 2.47. The standard InChI is InChI=1S/C19H17ClN2O5/c1-10-14-8-13(25-3)5-6-15(14)27-17(10)19(24)26-11(2)18(23)22-16-7-4-12(20)9-21-16/h4-9,11H,1-3H3,(H,21,22,23)/t11-/m1/s1. The number of rotatable bonds is 5. The van der Waals surface area contributed by atoms with Crippen molar-refractivity contribution in [2.75, 3.05) is 12.4 Å². The van der Waals surface area contributed by atoms with E-state index < -0.39 is 18.0 Å². The number of aryl methyl sites for hydroxylation is 1. The minimum absolute atomic E-state index is 0.0440. The van der Waals surface area contributed by atoms with Gasteiger partial charge in [-0.25, -0.2) is 9.78 Å². The highest BCUT2D eigenvalue weighted by atomic mass is 35.5. The van der Waals surface area contributed by atoms with Crippen LogP contribution in [0.4, 0.5) is 5.82 Å². The Balaban J connectivity index is 1.72. The van der Waals surface area contributed by atoms with Crippen LogP contribution in [0.3, 0.4) is 0 Å². The molecule has 0 saturated heterocycles. The van der Waals surface area contributed by atoms with Gasteiger partial charge in [-0.05, 0) is 44.2 Å². The number of esters is 1. The molecule has 1 atom stereocenters. The average Bonchev–Trinajstić information content (AvgIpc) is 2.99. The third-order valence-corrected chi connectivity index (χ3v) is 4.18. The van der Waals surface area contributed by atoms with Gasteiger partial charge in [0.05, 0.1) is 12.1 Å². The van der Waals surface area contributed by atoms with Crippen LogP contribution < -0.4 is 10.1 Å². The summed E-state index contributed by atoms with van der Waals surface area (Å²) in [6.07, 6.45) is 0.358. The summed E-state index contributed by atoms with van der Waals surface area (Å²) < 4.78 is 16.0. The first-order valence-electron chi connectivity index (χ1n) is 8.09. The van der Waals surface area contributed by atoms with Gasteiger partial charge in [0, 0.05) is 17.1 Å². The second-order valence-electron chi connectivity index (χ2n) is 5.82. The van der Waals surface area contributed by atoms with Crippen LogP contribution in [0.2, 0.25) is 5.02 Å². The van der Waals surface area contributed by atoms with E-state index in [2.05, 4.69) is 10.3 Å². The summed E-state index contributed by atoms with van der Waals surface area (Å²) in [4.78, 5) is 28.6. The van der Waals surface area contributed by atoms with E-state index in [-0.39, 0.29) is 5.76 Å². The number of furan rings is 1. The summed E-state index contributed by atoms with van der Waals surface area (Å²) >= 11 is 5.75. The highest BCUT2D eigenvalue weighted by Crippen LogP contribution is 2.29. The molecule has 2 aromatic heterocycles. The van der Waals surface area contributed by atoms with Crippen LogP contribution in [0.15, 0.2) is 40.9 Å². The van der Waals surface area contributed by atoms with E-state index in [1.807, 2.05) is 0 Å². The van der Waals surface area contributed by atoms with Crippen molar-refractivity contribution in [3.8, 4) is 5.75 Å². The Morgan fingerprint density at radius 1 is 1.26 bits per heavy atom. The lowest BCUT2D eigenvalue weighted by Crippen LogP contribution is -2.30. The van der Waals surface area contributed by atoms with Crippen molar-refractivity contribution in [1.29, 1.82) is 0 Å². The lowest BCUT2D eigenvalue weighted by atomic mass is 10.1. The lowest BCUT2D eigenvalue weighted by molar-refractivity contribution is -0.123. The number of hydrogen-bond acceptors (Lipinski definition) is 6. The average molecular weight is 389 g/mol. The second-order valence-corrected chi connectivity index (χ2v) is 6.25. The highest BCUT2D eigenvalue weighted by molar-refractivity contribution is 6.30. The Bertz CT molecular complexity index is 997. The number of anilines is 1. The normalized spacial score (nSPS) is 11.9. The molecule has 3 aromatic rings. The second kappa shape index (κ2) is 7.67. The molecular weight excluding hydrogens is 372 g/mol. The van der Waals surface area contributed by atoms with E-state index in [1.54, 1.807) is 44.4 Å². The largest absolute Gasteiger partial charge is 0.497 e. The number of hydrogen-bond donors (Lipinski definition) is 1. The van der Waals surface area contributed by atoms with Crippen LogP contribution in [0.5, 0.6) is 5.75 Å². The summed E-state index contributed by atoms with van der Waals surface area (Å²) in [7, 11) is 1.56. The molecule has 7 nitrogen and oxygen atoms in total. The van der Waals surface area contributed by atoms with E-state index in [4.69, 9.17) is 25.5 Å². The molecule has 1 amide bonds. The molecule has 0 fully saturated rings. The van der Waals surface area contributed by atoms with Crippen molar-refractivity contribution in [3.63, 3.8) is 0 Å². The fourth-order valence-corrected chi connectivity index (χ4v) is 2.58. The number of carbonyl (C=O) groups excluding carboxylic acids is 2. The molecule has 0 aliphatic carbocycles. The Morgan fingerprint density at radius 2 is 2.04 bits per heavy atom. The van der Waals surface area contributed by atoms with E-state index in [1.165, 1.54) is 13.1 Å².